The van der Waals surface area contributed by atoms with Crippen LogP contribution in [-0.2, 0) is 9.59 Å². The Hall–Kier alpha value is -1.87. The van der Waals surface area contributed by atoms with Crippen molar-refractivity contribution in [2.24, 2.45) is 17.8 Å². The smallest absolute Gasteiger partial charge is 0.307 e. The predicted octanol–water partition coefficient (Wildman–Crippen LogP) is 2.31. The van der Waals surface area contributed by atoms with Crippen LogP contribution < -0.4 is 5.32 Å². The van der Waals surface area contributed by atoms with Crippen LogP contribution in [0.1, 0.15) is 25.3 Å². The first-order valence-corrected chi connectivity index (χ1v) is 6.92. The van der Waals surface area contributed by atoms with Gasteiger partial charge in [-0.3, -0.25) is 9.59 Å². The Morgan fingerprint density at radius 2 is 2.16 bits per heavy atom. The van der Waals surface area contributed by atoms with E-state index >= 15 is 0 Å². The minimum atomic E-state index is -0.920. The van der Waals surface area contributed by atoms with Crippen molar-refractivity contribution in [2.75, 3.05) is 5.32 Å². The van der Waals surface area contributed by atoms with Crippen molar-refractivity contribution in [3.05, 3.63) is 17.0 Å². The Morgan fingerprint density at radius 3 is 2.79 bits per heavy atom. The van der Waals surface area contributed by atoms with Gasteiger partial charge >= 0.3 is 5.97 Å². The van der Waals surface area contributed by atoms with Crippen LogP contribution in [-0.4, -0.2) is 17.0 Å². The Morgan fingerprint density at radius 1 is 1.47 bits per heavy atom. The number of amides is 1. The molecule has 1 amide bonds. The molecule has 5 nitrogen and oxygen atoms in total. The van der Waals surface area contributed by atoms with Gasteiger partial charge in [-0.05, 0) is 30.2 Å². The van der Waals surface area contributed by atoms with Crippen molar-refractivity contribution in [3.63, 3.8) is 0 Å². The van der Waals surface area contributed by atoms with Crippen LogP contribution in [0.4, 0.5) is 5.00 Å². The molecule has 1 aromatic heterocycles. The molecule has 1 fully saturated rings. The Kier molecular flexibility index (Phi) is 3.86. The fourth-order valence-electron chi connectivity index (χ4n) is 2.55. The monoisotopic (exact) mass is 278 g/mol. The summed E-state index contributed by atoms with van der Waals surface area (Å²) in [5.74, 6) is -2.12. The van der Waals surface area contributed by atoms with Crippen LogP contribution in [0.15, 0.2) is 11.4 Å². The van der Waals surface area contributed by atoms with Gasteiger partial charge in [0.1, 0.15) is 11.1 Å². The van der Waals surface area contributed by atoms with Crippen molar-refractivity contribution >= 4 is 28.2 Å². The van der Waals surface area contributed by atoms with E-state index in [0.29, 0.717) is 23.4 Å². The van der Waals surface area contributed by atoms with Crippen LogP contribution in [0.5, 0.6) is 0 Å². The van der Waals surface area contributed by atoms with Gasteiger partial charge in [0.05, 0.1) is 17.4 Å². The minimum Gasteiger partial charge on any atom is -0.481 e. The zero-order valence-electron chi connectivity index (χ0n) is 10.4. The standard InChI is InChI=1S/C13H14N2O3S/c1-7-4-9(10(5-7)13(17)18)11(16)15-12-8(6-14)2-3-19-12/h2-3,7,9-10H,4-5H2,1H3,(H,15,16)(H,17,18)/t7?,9-,10+/m0/s1. The highest BCUT2D eigenvalue weighted by Crippen LogP contribution is 2.37. The van der Waals surface area contributed by atoms with Crippen LogP contribution in [0.2, 0.25) is 0 Å². The largest absolute Gasteiger partial charge is 0.481 e. The number of carbonyl (C=O) groups excluding carboxylic acids is 1. The topological polar surface area (TPSA) is 90.2 Å². The molecule has 0 spiro atoms. The second-order valence-electron chi connectivity index (χ2n) is 4.89. The number of nitrogens with zero attached hydrogens (tertiary/aromatic N) is 1. The van der Waals surface area contributed by atoms with Crippen molar-refractivity contribution in [1.82, 2.24) is 0 Å². The normalized spacial score (nSPS) is 25.8. The van der Waals surface area contributed by atoms with Gasteiger partial charge in [0.15, 0.2) is 0 Å². The highest BCUT2D eigenvalue weighted by molar-refractivity contribution is 7.14. The van der Waals surface area contributed by atoms with Crippen LogP contribution in [0.25, 0.3) is 0 Å². The SMILES string of the molecule is CC1C[C@H](C(=O)Nc2sccc2C#N)[C@H](C(=O)O)C1. The van der Waals surface area contributed by atoms with E-state index in [1.807, 2.05) is 13.0 Å². The summed E-state index contributed by atoms with van der Waals surface area (Å²) in [5.41, 5.74) is 0.413. The van der Waals surface area contributed by atoms with E-state index in [1.54, 1.807) is 11.4 Å². The zero-order chi connectivity index (χ0) is 14.0. The lowest BCUT2D eigenvalue weighted by atomic mass is 9.95. The quantitative estimate of drug-likeness (QED) is 0.887. The molecule has 0 bridgehead atoms. The van der Waals surface area contributed by atoms with Crippen LogP contribution in [0.3, 0.4) is 0 Å². The van der Waals surface area contributed by atoms with E-state index in [2.05, 4.69) is 5.32 Å². The van der Waals surface area contributed by atoms with Crippen molar-refractivity contribution in [2.45, 2.75) is 19.8 Å². The van der Waals surface area contributed by atoms with Crippen LogP contribution in [0, 0.1) is 29.1 Å². The van der Waals surface area contributed by atoms with E-state index in [4.69, 9.17) is 10.4 Å². The molecule has 1 unspecified atom stereocenters. The van der Waals surface area contributed by atoms with Gasteiger partial charge in [0.2, 0.25) is 5.91 Å². The molecular weight excluding hydrogens is 264 g/mol. The number of thiophene rings is 1. The van der Waals surface area contributed by atoms with Gasteiger partial charge in [0.25, 0.3) is 0 Å². The number of nitrogens with one attached hydrogen (secondary N) is 1. The molecule has 0 aromatic carbocycles. The number of aliphatic carboxylic acids is 1. The number of hydrogen-bond donors (Lipinski definition) is 2. The molecule has 0 radical (unpaired) electrons. The van der Waals surface area contributed by atoms with Gasteiger partial charge in [0, 0.05) is 0 Å². The lowest BCUT2D eigenvalue weighted by molar-refractivity contribution is -0.145. The molecule has 2 rings (SSSR count). The number of carbonyl (C=O) groups is 2. The van der Waals surface area contributed by atoms with E-state index in [1.165, 1.54) is 11.3 Å². The number of nitriles is 1. The molecule has 0 aliphatic heterocycles. The molecule has 2 N–H and O–H groups in total. The summed E-state index contributed by atoms with van der Waals surface area (Å²) in [6.45, 7) is 1.95. The maximum atomic E-state index is 12.2. The first kappa shape index (κ1) is 13.6. The first-order valence-electron chi connectivity index (χ1n) is 6.04. The van der Waals surface area contributed by atoms with Gasteiger partial charge in [-0.1, -0.05) is 6.92 Å². The minimum absolute atomic E-state index is 0.232. The summed E-state index contributed by atoms with van der Waals surface area (Å²) in [6.07, 6.45) is 1.11. The zero-order valence-corrected chi connectivity index (χ0v) is 11.2. The van der Waals surface area contributed by atoms with Crippen molar-refractivity contribution in [3.8, 4) is 6.07 Å². The van der Waals surface area contributed by atoms with Gasteiger partial charge in [-0.15, -0.1) is 11.3 Å². The Labute approximate surface area is 114 Å². The third-order valence-corrected chi connectivity index (χ3v) is 4.30. The summed E-state index contributed by atoms with van der Waals surface area (Å²) >= 11 is 1.27. The third kappa shape index (κ3) is 2.76. The third-order valence-electron chi connectivity index (χ3n) is 3.47. The Balaban J connectivity index is 2.12. The summed E-state index contributed by atoms with van der Waals surface area (Å²) in [6, 6.07) is 3.62. The molecule has 3 atom stereocenters. The lowest BCUT2D eigenvalue weighted by Gasteiger charge is -2.14. The number of rotatable bonds is 3. The molecule has 1 aliphatic rings. The van der Waals surface area contributed by atoms with Gasteiger partial charge in [-0.2, -0.15) is 5.26 Å². The van der Waals surface area contributed by atoms with E-state index in [9.17, 15) is 9.59 Å². The molecule has 1 aromatic rings. The van der Waals surface area contributed by atoms with Crippen molar-refractivity contribution < 1.29 is 14.7 Å². The van der Waals surface area contributed by atoms with Gasteiger partial charge in [-0.25, -0.2) is 0 Å². The van der Waals surface area contributed by atoms with Crippen molar-refractivity contribution in [1.29, 1.82) is 5.26 Å². The van der Waals surface area contributed by atoms with Crippen LogP contribution >= 0.6 is 11.3 Å². The molecular formula is C13H14N2O3S. The molecule has 100 valence electrons. The lowest BCUT2D eigenvalue weighted by Crippen LogP contribution is -2.29. The summed E-state index contributed by atoms with van der Waals surface area (Å²) in [7, 11) is 0. The van der Waals surface area contributed by atoms with E-state index in [-0.39, 0.29) is 11.8 Å². The number of hydrogen-bond acceptors (Lipinski definition) is 4. The highest BCUT2D eigenvalue weighted by Gasteiger charge is 2.41. The fraction of sp³-hybridized carbons (Fsp3) is 0.462. The van der Waals surface area contributed by atoms with E-state index in [0.717, 1.165) is 0 Å². The summed E-state index contributed by atoms with van der Waals surface area (Å²) in [4.78, 5) is 23.3. The second kappa shape index (κ2) is 5.41. The summed E-state index contributed by atoms with van der Waals surface area (Å²) in [5, 5.41) is 22.9. The molecule has 1 saturated carbocycles. The first-order chi connectivity index (χ1) is 9.02. The maximum Gasteiger partial charge on any atom is 0.307 e. The molecule has 1 aliphatic carbocycles. The molecule has 1 heterocycles. The fourth-order valence-corrected chi connectivity index (χ4v) is 3.29. The number of anilines is 1. The molecule has 6 heteroatoms. The summed E-state index contributed by atoms with van der Waals surface area (Å²) < 4.78 is 0. The molecule has 0 saturated heterocycles. The van der Waals surface area contributed by atoms with E-state index < -0.39 is 17.8 Å². The predicted molar refractivity (Wildman–Crippen MR) is 70.7 cm³/mol. The average Bonchev–Trinajstić information content (AvgIpc) is 2.95. The Bertz CT molecular complexity index is 546. The number of carboxylic acid groups (broad SMARTS) is 1. The number of carboxylic acids is 1. The maximum absolute atomic E-state index is 12.2. The molecule has 19 heavy (non-hydrogen) atoms. The van der Waals surface area contributed by atoms with Gasteiger partial charge < -0.3 is 10.4 Å². The second-order valence-corrected chi connectivity index (χ2v) is 5.81. The highest BCUT2D eigenvalue weighted by atomic mass is 32.1. The average molecular weight is 278 g/mol.